The van der Waals surface area contributed by atoms with Gasteiger partial charge in [0.05, 0.1) is 5.57 Å². The third-order valence-electron chi connectivity index (χ3n) is 2.21. The minimum Gasteiger partial charge on any atom is -0.478 e. The van der Waals surface area contributed by atoms with Crippen LogP contribution in [-0.2, 0) is 11.2 Å². The molecule has 16 heavy (non-hydrogen) atoms. The van der Waals surface area contributed by atoms with E-state index in [1.54, 1.807) is 11.1 Å². The van der Waals surface area contributed by atoms with Crippen LogP contribution < -0.4 is 0 Å². The highest BCUT2D eigenvalue weighted by Crippen LogP contribution is 2.09. The van der Waals surface area contributed by atoms with Gasteiger partial charge < -0.3 is 10.0 Å². The minimum atomic E-state index is -0.843. The van der Waals surface area contributed by atoms with Crippen LogP contribution in [0.5, 0.6) is 0 Å². The molecule has 0 aliphatic carbocycles. The molecule has 0 aliphatic rings. The summed E-state index contributed by atoms with van der Waals surface area (Å²) in [5.74, 6) is -0.843. The molecular weight excluding hydrogens is 202 g/mol. The molecule has 1 aromatic rings. The third kappa shape index (κ3) is 4.17. The van der Waals surface area contributed by atoms with Gasteiger partial charge in [-0.25, -0.2) is 4.79 Å². The van der Waals surface area contributed by atoms with Gasteiger partial charge in [-0.2, -0.15) is 0 Å². The Morgan fingerprint density at radius 3 is 2.44 bits per heavy atom. The molecule has 0 aromatic heterocycles. The van der Waals surface area contributed by atoms with Crippen LogP contribution in [0.4, 0.5) is 0 Å². The fourth-order valence-corrected chi connectivity index (χ4v) is 1.46. The summed E-state index contributed by atoms with van der Waals surface area (Å²) in [6.45, 7) is 0. The van der Waals surface area contributed by atoms with Crippen molar-refractivity contribution >= 4 is 5.97 Å². The first-order valence-electron chi connectivity index (χ1n) is 5.24. The van der Waals surface area contributed by atoms with E-state index in [1.165, 1.54) is 0 Å². The largest absolute Gasteiger partial charge is 0.478 e. The quantitative estimate of drug-likeness (QED) is 0.771. The lowest BCUT2D eigenvalue weighted by molar-refractivity contribution is -0.132. The highest BCUT2D eigenvalue weighted by atomic mass is 16.4. The Morgan fingerprint density at radius 1 is 1.31 bits per heavy atom. The molecule has 1 rings (SSSR count). The van der Waals surface area contributed by atoms with Crippen molar-refractivity contribution in [1.82, 2.24) is 4.90 Å². The highest BCUT2D eigenvalue weighted by Gasteiger charge is 2.07. The van der Waals surface area contributed by atoms with E-state index >= 15 is 0 Å². The van der Waals surface area contributed by atoms with Crippen LogP contribution in [0, 0.1) is 0 Å². The first-order valence-corrected chi connectivity index (χ1v) is 5.24. The first-order chi connectivity index (χ1) is 7.59. The Labute approximate surface area is 96.0 Å². The molecule has 0 fully saturated rings. The van der Waals surface area contributed by atoms with Gasteiger partial charge in [-0.15, -0.1) is 0 Å². The molecule has 0 aliphatic heterocycles. The number of aliphatic carboxylic acids is 1. The Morgan fingerprint density at radius 2 is 1.94 bits per heavy atom. The number of hydrogen-bond donors (Lipinski definition) is 1. The zero-order valence-corrected chi connectivity index (χ0v) is 9.68. The van der Waals surface area contributed by atoms with Gasteiger partial charge in [-0.1, -0.05) is 30.3 Å². The number of aryl methyl sites for hydroxylation is 1. The normalized spacial score (nSPS) is 11.2. The SMILES string of the molecule is CN(C)C=C(CCc1ccccc1)C(=O)O. The molecule has 0 saturated carbocycles. The zero-order valence-electron chi connectivity index (χ0n) is 9.68. The number of nitrogens with zero attached hydrogens (tertiary/aromatic N) is 1. The van der Waals surface area contributed by atoms with Crippen LogP contribution in [0.3, 0.4) is 0 Å². The van der Waals surface area contributed by atoms with E-state index in [-0.39, 0.29) is 0 Å². The molecule has 0 unspecified atom stereocenters. The monoisotopic (exact) mass is 219 g/mol. The van der Waals surface area contributed by atoms with Crippen molar-refractivity contribution in [2.75, 3.05) is 14.1 Å². The van der Waals surface area contributed by atoms with Crippen LogP contribution in [0.25, 0.3) is 0 Å². The van der Waals surface area contributed by atoms with Gasteiger partial charge >= 0.3 is 5.97 Å². The Hall–Kier alpha value is -1.77. The maximum Gasteiger partial charge on any atom is 0.333 e. The van der Waals surface area contributed by atoms with Crippen LogP contribution in [0.2, 0.25) is 0 Å². The summed E-state index contributed by atoms with van der Waals surface area (Å²) in [7, 11) is 3.65. The molecule has 1 aromatic carbocycles. The number of carboxylic acid groups (broad SMARTS) is 1. The number of carbonyl (C=O) groups is 1. The Kier molecular flexibility index (Phi) is 4.58. The van der Waals surface area contributed by atoms with Crippen molar-refractivity contribution in [1.29, 1.82) is 0 Å². The van der Waals surface area contributed by atoms with E-state index in [9.17, 15) is 4.79 Å². The Balaban J connectivity index is 2.61. The maximum absolute atomic E-state index is 11.0. The van der Waals surface area contributed by atoms with Crippen molar-refractivity contribution in [3.05, 3.63) is 47.7 Å². The molecule has 1 N–H and O–H groups in total. The van der Waals surface area contributed by atoms with Crippen molar-refractivity contribution < 1.29 is 9.90 Å². The van der Waals surface area contributed by atoms with Crippen LogP contribution in [0.1, 0.15) is 12.0 Å². The molecule has 0 atom stereocenters. The average molecular weight is 219 g/mol. The number of hydrogen-bond acceptors (Lipinski definition) is 2. The van der Waals surface area contributed by atoms with Gasteiger partial charge in [0.25, 0.3) is 0 Å². The molecule has 3 heteroatoms. The molecule has 0 saturated heterocycles. The second kappa shape index (κ2) is 5.95. The smallest absolute Gasteiger partial charge is 0.333 e. The van der Waals surface area contributed by atoms with Gasteiger partial charge in [0.15, 0.2) is 0 Å². The van der Waals surface area contributed by atoms with E-state index < -0.39 is 5.97 Å². The van der Waals surface area contributed by atoms with E-state index in [4.69, 9.17) is 5.11 Å². The fourth-order valence-electron chi connectivity index (χ4n) is 1.46. The molecule has 0 heterocycles. The lowest BCUT2D eigenvalue weighted by atomic mass is 10.1. The van der Waals surface area contributed by atoms with Crippen molar-refractivity contribution in [3.63, 3.8) is 0 Å². The summed E-state index contributed by atoms with van der Waals surface area (Å²) in [4.78, 5) is 12.7. The second-order valence-corrected chi connectivity index (χ2v) is 3.91. The molecular formula is C13H17NO2. The van der Waals surface area contributed by atoms with Crippen LogP contribution in [0.15, 0.2) is 42.1 Å². The van der Waals surface area contributed by atoms with Gasteiger partial charge in [-0.05, 0) is 18.4 Å². The molecule has 0 amide bonds. The molecule has 0 bridgehead atoms. The predicted molar refractivity (Wildman–Crippen MR) is 64.2 cm³/mol. The fraction of sp³-hybridized carbons (Fsp3) is 0.308. The third-order valence-corrected chi connectivity index (χ3v) is 2.21. The van der Waals surface area contributed by atoms with Gasteiger partial charge in [0.2, 0.25) is 0 Å². The van der Waals surface area contributed by atoms with Gasteiger partial charge in [0.1, 0.15) is 0 Å². The van der Waals surface area contributed by atoms with E-state index in [0.717, 1.165) is 12.0 Å². The predicted octanol–water partition coefficient (Wildman–Crippen LogP) is 2.15. The average Bonchev–Trinajstić information content (AvgIpc) is 2.25. The standard InChI is InChI=1S/C13H17NO2/c1-14(2)10-12(13(15)16)9-8-11-6-4-3-5-7-11/h3-7,10H,8-9H2,1-2H3,(H,15,16). The van der Waals surface area contributed by atoms with E-state index in [0.29, 0.717) is 12.0 Å². The van der Waals surface area contributed by atoms with Crippen molar-refractivity contribution in [3.8, 4) is 0 Å². The summed E-state index contributed by atoms with van der Waals surface area (Å²) in [6.07, 6.45) is 2.97. The molecule has 0 radical (unpaired) electrons. The van der Waals surface area contributed by atoms with Crippen molar-refractivity contribution in [2.24, 2.45) is 0 Å². The lowest BCUT2D eigenvalue weighted by Gasteiger charge is -2.08. The number of carboxylic acids is 1. The van der Waals surface area contributed by atoms with Gasteiger partial charge in [0, 0.05) is 20.3 Å². The second-order valence-electron chi connectivity index (χ2n) is 3.91. The maximum atomic E-state index is 11.0. The van der Waals surface area contributed by atoms with E-state index in [1.807, 2.05) is 44.4 Å². The summed E-state index contributed by atoms with van der Waals surface area (Å²) < 4.78 is 0. The minimum absolute atomic E-state index is 0.439. The summed E-state index contributed by atoms with van der Waals surface area (Å²) in [5.41, 5.74) is 1.60. The van der Waals surface area contributed by atoms with Crippen molar-refractivity contribution in [2.45, 2.75) is 12.8 Å². The highest BCUT2D eigenvalue weighted by molar-refractivity contribution is 5.86. The summed E-state index contributed by atoms with van der Waals surface area (Å²) in [6, 6.07) is 9.90. The summed E-state index contributed by atoms with van der Waals surface area (Å²) >= 11 is 0. The van der Waals surface area contributed by atoms with E-state index in [2.05, 4.69) is 0 Å². The zero-order chi connectivity index (χ0) is 12.0. The lowest BCUT2D eigenvalue weighted by Crippen LogP contribution is -2.09. The number of benzene rings is 1. The summed E-state index contributed by atoms with van der Waals surface area (Å²) in [5, 5.41) is 9.01. The molecule has 86 valence electrons. The number of rotatable bonds is 5. The van der Waals surface area contributed by atoms with Crippen LogP contribution >= 0.6 is 0 Å². The Bertz CT molecular complexity index is 369. The van der Waals surface area contributed by atoms with Gasteiger partial charge in [-0.3, -0.25) is 0 Å². The van der Waals surface area contributed by atoms with Crippen LogP contribution in [-0.4, -0.2) is 30.1 Å². The molecule has 3 nitrogen and oxygen atoms in total. The first kappa shape index (κ1) is 12.3. The topological polar surface area (TPSA) is 40.5 Å². The molecule has 0 spiro atoms.